The van der Waals surface area contributed by atoms with E-state index < -0.39 is 4.92 Å². The summed E-state index contributed by atoms with van der Waals surface area (Å²) in [7, 11) is 0. The van der Waals surface area contributed by atoms with Crippen molar-refractivity contribution in [1.82, 2.24) is 0 Å². The van der Waals surface area contributed by atoms with Crippen LogP contribution in [0, 0.1) is 28.4 Å². The van der Waals surface area contributed by atoms with Gasteiger partial charge in [-0.05, 0) is 31.4 Å². The predicted molar refractivity (Wildman–Crippen MR) is 62.8 cm³/mol. The number of unbranched alkanes of at least 4 members (excludes halogenated alkanes) is 2. The first-order valence-corrected chi connectivity index (χ1v) is 5.40. The smallest absolute Gasteiger partial charge is 0.311 e. The van der Waals surface area contributed by atoms with Crippen LogP contribution in [0.1, 0.15) is 24.8 Å². The number of hydrogen-bond acceptors (Lipinski definition) is 4. The van der Waals surface area contributed by atoms with Gasteiger partial charge in [0.1, 0.15) is 0 Å². The van der Waals surface area contributed by atoms with Crippen LogP contribution in [0.4, 0.5) is 5.69 Å². The molecule has 0 radical (unpaired) electrons. The largest absolute Gasteiger partial charge is 0.487 e. The molecule has 0 saturated carbocycles. The zero-order chi connectivity index (χ0) is 12.7. The van der Waals surface area contributed by atoms with Crippen molar-refractivity contribution in [3.05, 3.63) is 33.9 Å². The zero-order valence-electron chi connectivity index (χ0n) is 9.68. The molecular formula is C12H14N2O3. The van der Waals surface area contributed by atoms with Crippen LogP contribution < -0.4 is 4.74 Å². The Balaban J connectivity index is 2.59. The number of hydrogen-bond donors (Lipinski definition) is 0. The second-order valence-electron chi connectivity index (χ2n) is 3.69. The number of aryl methyl sites for hydroxylation is 1. The molecule has 0 unspecified atom stereocenters. The number of rotatable bonds is 6. The van der Waals surface area contributed by atoms with E-state index in [0.29, 0.717) is 13.0 Å². The number of benzene rings is 1. The Bertz CT molecular complexity index is 438. The van der Waals surface area contributed by atoms with E-state index in [1.807, 2.05) is 6.07 Å². The standard InChI is InChI=1S/C12H14N2O3/c1-10-5-6-12(11(9-10)14(15)16)17-8-4-2-3-7-13/h5-6,9H,2-4,8H2,1H3. The highest BCUT2D eigenvalue weighted by molar-refractivity contribution is 5.48. The Morgan fingerprint density at radius 3 is 2.88 bits per heavy atom. The summed E-state index contributed by atoms with van der Waals surface area (Å²) in [4.78, 5) is 10.3. The van der Waals surface area contributed by atoms with Crippen molar-refractivity contribution in [2.45, 2.75) is 26.2 Å². The first-order valence-electron chi connectivity index (χ1n) is 5.40. The van der Waals surface area contributed by atoms with Crippen LogP contribution in [0.15, 0.2) is 18.2 Å². The van der Waals surface area contributed by atoms with E-state index in [4.69, 9.17) is 10.00 Å². The molecule has 0 atom stereocenters. The highest BCUT2D eigenvalue weighted by Gasteiger charge is 2.14. The molecule has 0 aliphatic heterocycles. The third-order valence-electron chi connectivity index (χ3n) is 2.25. The van der Waals surface area contributed by atoms with E-state index in [-0.39, 0.29) is 11.4 Å². The van der Waals surface area contributed by atoms with Crippen LogP contribution in [0.3, 0.4) is 0 Å². The summed E-state index contributed by atoms with van der Waals surface area (Å²) in [6.45, 7) is 2.19. The summed E-state index contributed by atoms with van der Waals surface area (Å²) in [5.74, 6) is 0.289. The molecule has 1 aromatic carbocycles. The van der Waals surface area contributed by atoms with Gasteiger partial charge in [0.15, 0.2) is 5.75 Å². The van der Waals surface area contributed by atoms with Crippen LogP contribution in [0.5, 0.6) is 5.75 Å². The normalized spacial score (nSPS) is 9.65. The molecule has 0 aliphatic rings. The fraction of sp³-hybridized carbons (Fsp3) is 0.417. The number of ether oxygens (including phenoxy) is 1. The van der Waals surface area contributed by atoms with Gasteiger partial charge in [-0.15, -0.1) is 0 Å². The number of nitrogens with zero attached hydrogens (tertiary/aromatic N) is 2. The lowest BCUT2D eigenvalue weighted by atomic mass is 10.2. The Morgan fingerprint density at radius 1 is 1.47 bits per heavy atom. The molecule has 0 heterocycles. The van der Waals surface area contributed by atoms with E-state index in [1.54, 1.807) is 19.1 Å². The van der Waals surface area contributed by atoms with Crippen molar-refractivity contribution in [2.24, 2.45) is 0 Å². The molecule has 0 aromatic heterocycles. The molecule has 0 amide bonds. The highest BCUT2D eigenvalue weighted by Crippen LogP contribution is 2.27. The average molecular weight is 234 g/mol. The van der Waals surface area contributed by atoms with Crippen LogP contribution in [0.2, 0.25) is 0 Å². The molecule has 5 heteroatoms. The van der Waals surface area contributed by atoms with Crippen molar-refractivity contribution in [3.8, 4) is 11.8 Å². The van der Waals surface area contributed by atoms with Crippen molar-refractivity contribution in [3.63, 3.8) is 0 Å². The lowest BCUT2D eigenvalue weighted by Crippen LogP contribution is -2.00. The summed E-state index contributed by atoms with van der Waals surface area (Å²) in [6.07, 6.45) is 1.95. The van der Waals surface area contributed by atoms with Gasteiger partial charge >= 0.3 is 5.69 Å². The first kappa shape index (κ1) is 13.0. The van der Waals surface area contributed by atoms with Gasteiger partial charge in [0.25, 0.3) is 0 Å². The van der Waals surface area contributed by atoms with Gasteiger partial charge in [-0.2, -0.15) is 5.26 Å². The molecule has 1 aromatic rings. The summed E-state index contributed by atoms with van der Waals surface area (Å²) in [6, 6.07) is 6.91. The average Bonchev–Trinajstić information content (AvgIpc) is 2.30. The number of nitro benzene ring substituents is 1. The molecule has 5 nitrogen and oxygen atoms in total. The fourth-order valence-corrected chi connectivity index (χ4v) is 1.38. The van der Waals surface area contributed by atoms with Gasteiger partial charge in [0.05, 0.1) is 17.6 Å². The lowest BCUT2D eigenvalue weighted by molar-refractivity contribution is -0.385. The highest BCUT2D eigenvalue weighted by atomic mass is 16.6. The summed E-state index contributed by atoms with van der Waals surface area (Å²) >= 11 is 0. The minimum Gasteiger partial charge on any atom is -0.487 e. The summed E-state index contributed by atoms with van der Waals surface area (Å²) in [5, 5.41) is 19.1. The zero-order valence-corrected chi connectivity index (χ0v) is 9.68. The molecule has 0 N–H and O–H groups in total. The van der Waals surface area contributed by atoms with E-state index >= 15 is 0 Å². The Hall–Kier alpha value is -2.09. The number of nitriles is 1. The predicted octanol–water partition coefficient (Wildman–Crippen LogP) is 2.98. The topological polar surface area (TPSA) is 76.2 Å². The Morgan fingerprint density at radius 2 is 2.24 bits per heavy atom. The van der Waals surface area contributed by atoms with Gasteiger partial charge in [-0.3, -0.25) is 10.1 Å². The van der Waals surface area contributed by atoms with Crippen LogP contribution in [0.25, 0.3) is 0 Å². The third kappa shape index (κ3) is 4.11. The maximum Gasteiger partial charge on any atom is 0.311 e. The minimum absolute atomic E-state index is 0.00900. The molecule has 1 rings (SSSR count). The Labute approximate surface area is 99.8 Å². The van der Waals surface area contributed by atoms with Gasteiger partial charge in [-0.1, -0.05) is 6.07 Å². The third-order valence-corrected chi connectivity index (χ3v) is 2.25. The summed E-state index contributed by atoms with van der Waals surface area (Å²) < 4.78 is 5.35. The van der Waals surface area contributed by atoms with Crippen LogP contribution in [-0.2, 0) is 0 Å². The second-order valence-corrected chi connectivity index (χ2v) is 3.69. The maximum absolute atomic E-state index is 10.8. The van der Waals surface area contributed by atoms with Crippen molar-refractivity contribution >= 4 is 5.69 Å². The monoisotopic (exact) mass is 234 g/mol. The molecule has 0 spiro atoms. The van der Waals surface area contributed by atoms with Crippen molar-refractivity contribution in [2.75, 3.05) is 6.61 Å². The molecule has 0 aliphatic carbocycles. The van der Waals surface area contributed by atoms with E-state index in [2.05, 4.69) is 0 Å². The van der Waals surface area contributed by atoms with E-state index in [0.717, 1.165) is 18.4 Å². The molecule has 90 valence electrons. The van der Waals surface area contributed by atoms with Crippen LogP contribution in [-0.4, -0.2) is 11.5 Å². The molecule has 0 fully saturated rings. The van der Waals surface area contributed by atoms with Gasteiger partial charge in [0, 0.05) is 12.5 Å². The summed E-state index contributed by atoms with van der Waals surface area (Å²) in [5.41, 5.74) is 0.818. The van der Waals surface area contributed by atoms with Gasteiger partial charge < -0.3 is 4.74 Å². The quantitative estimate of drug-likeness (QED) is 0.430. The van der Waals surface area contributed by atoms with E-state index in [9.17, 15) is 10.1 Å². The Kier molecular flexibility index (Phi) is 4.95. The SMILES string of the molecule is Cc1ccc(OCCCCC#N)c([N+](=O)[O-])c1. The lowest BCUT2D eigenvalue weighted by Gasteiger charge is -2.06. The van der Waals surface area contributed by atoms with E-state index in [1.165, 1.54) is 6.07 Å². The molecule has 17 heavy (non-hydrogen) atoms. The number of nitro groups is 1. The molecule has 0 saturated heterocycles. The minimum atomic E-state index is -0.447. The fourth-order valence-electron chi connectivity index (χ4n) is 1.38. The maximum atomic E-state index is 10.8. The van der Waals surface area contributed by atoms with Crippen molar-refractivity contribution in [1.29, 1.82) is 5.26 Å². The molecule has 0 bridgehead atoms. The van der Waals surface area contributed by atoms with Gasteiger partial charge in [-0.25, -0.2) is 0 Å². The van der Waals surface area contributed by atoms with Crippen molar-refractivity contribution < 1.29 is 9.66 Å². The van der Waals surface area contributed by atoms with Gasteiger partial charge in [0.2, 0.25) is 0 Å². The molecular weight excluding hydrogens is 220 g/mol. The van der Waals surface area contributed by atoms with Crippen LogP contribution >= 0.6 is 0 Å². The first-order chi connectivity index (χ1) is 8.15. The second kappa shape index (κ2) is 6.48.